The average Bonchev–Trinajstić information content (AvgIpc) is 2.42. The lowest BCUT2D eigenvalue weighted by molar-refractivity contribution is 0.212. The third kappa shape index (κ3) is 7.34. The number of H-pyrrole nitrogens is 1. The van der Waals surface area contributed by atoms with Crippen LogP contribution in [0.1, 0.15) is 26.0 Å². The second-order valence-corrected chi connectivity index (χ2v) is 6.28. The predicted molar refractivity (Wildman–Crippen MR) is 85.0 cm³/mol. The Bertz CT molecular complexity index is 517. The maximum absolute atomic E-state index is 11.7. The van der Waals surface area contributed by atoms with Gasteiger partial charge in [-0.1, -0.05) is 0 Å². The summed E-state index contributed by atoms with van der Waals surface area (Å²) >= 11 is 0. The number of anilines is 1. The van der Waals surface area contributed by atoms with Gasteiger partial charge in [-0.25, -0.2) is 18.6 Å². The molecule has 0 aliphatic heterocycles. The molecule has 1 heterocycles. The van der Waals surface area contributed by atoms with Gasteiger partial charge in [-0.3, -0.25) is 15.1 Å². The highest BCUT2D eigenvalue weighted by molar-refractivity contribution is 6.44. The SMILES string of the molecule is CCO[Si+](CCCNC(=O)Nc1nc(C)cc(=O)[nH]1)OCC. The van der Waals surface area contributed by atoms with Gasteiger partial charge in [0.05, 0.1) is 13.2 Å². The maximum Gasteiger partial charge on any atom is 0.643 e. The van der Waals surface area contributed by atoms with Crippen molar-refractivity contribution >= 4 is 21.3 Å². The van der Waals surface area contributed by atoms with Crippen molar-refractivity contribution in [3.8, 4) is 0 Å². The molecule has 0 aromatic carbocycles. The van der Waals surface area contributed by atoms with Crippen molar-refractivity contribution in [1.82, 2.24) is 15.3 Å². The van der Waals surface area contributed by atoms with Crippen molar-refractivity contribution in [3.63, 3.8) is 0 Å². The number of amides is 2. The van der Waals surface area contributed by atoms with Crippen LogP contribution in [0.25, 0.3) is 0 Å². The summed E-state index contributed by atoms with van der Waals surface area (Å²) in [7, 11) is -1.25. The van der Waals surface area contributed by atoms with Crippen molar-refractivity contribution < 1.29 is 13.6 Å². The van der Waals surface area contributed by atoms with Crippen LogP contribution in [0.2, 0.25) is 6.04 Å². The number of carbonyl (C=O) groups excluding carboxylic acids is 1. The molecule has 0 spiro atoms. The lowest BCUT2D eigenvalue weighted by Gasteiger charge is -2.06. The molecule has 8 nitrogen and oxygen atoms in total. The quantitative estimate of drug-likeness (QED) is 0.466. The van der Waals surface area contributed by atoms with E-state index in [1.165, 1.54) is 6.07 Å². The topological polar surface area (TPSA) is 105 Å². The zero-order valence-electron chi connectivity index (χ0n) is 13.2. The van der Waals surface area contributed by atoms with Crippen LogP contribution in [0.15, 0.2) is 10.9 Å². The summed E-state index contributed by atoms with van der Waals surface area (Å²) in [6, 6.07) is 1.75. The van der Waals surface area contributed by atoms with E-state index < -0.39 is 15.3 Å². The molecule has 0 radical (unpaired) electrons. The minimum atomic E-state index is -1.25. The zero-order valence-corrected chi connectivity index (χ0v) is 14.2. The molecule has 1 aromatic heterocycles. The molecule has 122 valence electrons. The van der Waals surface area contributed by atoms with E-state index in [1.54, 1.807) is 6.92 Å². The first-order chi connectivity index (χ1) is 10.5. The molecule has 0 fully saturated rings. The standard InChI is InChI=1S/C13H22N4O4Si/c1-4-20-22(21-5-2)8-6-7-14-13(19)17-12-15-10(3)9-11(18)16-12/h9H,4-8H2,1-3H3,(H2-,14,15,16,17,18,19)/p+1. The van der Waals surface area contributed by atoms with Crippen molar-refractivity contribution in [2.24, 2.45) is 0 Å². The fraction of sp³-hybridized carbons (Fsp3) is 0.615. The Balaban J connectivity index is 2.29. The molecule has 1 rings (SSSR count). The van der Waals surface area contributed by atoms with Crippen LogP contribution in [-0.4, -0.2) is 45.0 Å². The number of hydrogen-bond acceptors (Lipinski definition) is 5. The summed E-state index contributed by atoms with van der Waals surface area (Å²) in [6.07, 6.45) is 0.763. The summed E-state index contributed by atoms with van der Waals surface area (Å²) in [4.78, 5) is 29.4. The van der Waals surface area contributed by atoms with Crippen LogP contribution in [0.5, 0.6) is 0 Å². The highest BCUT2D eigenvalue weighted by atomic mass is 28.3. The van der Waals surface area contributed by atoms with Crippen LogP contribution >= 0.6 is 0 Å². The van der Waals surface area contributed by atoms with E-state index in [1.807, 2.05) is 13.8 Å². The van der Waals surface area contributed by atoms with Gasteiger partial charge in [-0.15, -0.1) is 0 Å². The van der Waals surface area contributed by atoms with Crippen molar-refractivity contribution in [2.75, 3.05) is 25.1 Å². The van der Waals surface area contributed by atoms with Gasteiger partial charge >= 0.3 is 15.3 Å². The van der Waals surface area contributed by atoms with Gasteiger partial charge < -0.3 is 5.32 Å². The van der Waals surface area contributed by atoms with Crippen LogP contribution < -0.4 is 16.2 Å². The molecule has 1 aromatic rings. The molecule has 2 amide bonds. The Labute approximate surface area is 131 Å². The number of nitrogens with one attached hydrogen (secondary N) is 3. The summed E-state index contributed by atoms with van der Waals surface area (Å²) in [6.45, 7) is 7.32. The number of nitrogens with zero attached hydrogens (tertiary/aromatic N) is 1. The lowest BCUT2D eigenvalue weighted by atomic mass is 10.4. The Morgan fingerprint density at radius 2 is 2.05 bits per heavy atom. The van der Waals surface area contributed by atoms with Gasteiger partial charge in [-0.05, 0) is 27.2 Å². The first-order valence-electron chi connectivity index (χ1n) is 7.29. The molecule has 9 heteroatoms. The Morgan fingerprint density at radius 1 is 1.36 bits per heavy atom. The van der Waals surface area contributed by atoms with E-state index in [4.69, 9.17) is 8.85 Å². The normalized spacial score (nSPS) is 10.3. The summed E-state index contributed by atoms with van der Waals surface area (Å²) in [5.74, 6) is 0.135. The van der Waals surface area contributed by atoms with E-state index >= 15 is 0 Å². The molecule has 0 atom stereocenters. The molecule has 3 N–H and O–H groups in total. The van der Waals surface area contributed by atoms with Crippen molar-refractivity contribution in [1.29, 1.82) is 0 Å². The van der Waals surface area contributed by atoms with Gasteiger partial charge in [0.15, 0.2) is 0 Å². The largest absolute Gasteiger partial charge is 0.643 e. The minimum absolute atomic E-state index is 0.135. The van der Waals surface area contributed by atoms with Gasteiger partial charge in [0.25, 0.3) is 5.56 Å². The van der Waals surface area contributed by atoms with Gasteiger partial charge in [0.2, 0.25) is 5.95 Å². The molecule has 22 heavy (non-hydrogen) atoms. The Morgan fingerprint density at radius 3 is 2.64 bits per heavy atom. The number of aromatic amines is 1. The van der Waals surface area contributed by atoms with Gasteiger partial charge in [0, 0.05) is 18.3 Å². The Kier molecular flexibility index (Phi) is 8.41. The average molecular weight is 327 g/mol. The molecular formula is C13H23N4O4Si+. The van der Waals surface area contributed by atoms with E-state index in [9.17, 15) is 9.59 Å². The smallest absolute Gasteiger partial charge is 0.338 e. The van der Waals surface area contributed by atoms with Gasteiger partial charge in [0.1, 0.15) is 6.04 Å². The first kappa shape index (κ1) is 18.3. The molecular weight excluding hydrogens is 304 g/mol. The van der Waals surface area contributed by atoms with Crippen molar-refractivity contribution in [3.05, 3.63) is 22.1 Å². The Hall–Kier alpha value is -1.71. The predicted octanol–water partition coefficient (Wildman–Crippen LogP) is 1.15. The summed E-state index contributed by atoms with van der Waals surface area (Å²) in [5.41, 5.74) is 0.239. The molecule has 0 saturated carbocycles. The summed E-state index contributed by atoms with van der Waals surface area (Å²) in [5, 5.41) is 5.19. The lowest BCUT2D eigenvalue weighted by Crippen LogP contribution is -2.32. The fourth-order valence-corrected chi connectivity index (χ4v) is 3.21. The van der Waals surface area contributed by atoms with E-state index in [-0.39, 0.29) is 11.5 Å². The molecule has 0 unspecified atom stereocenters. The molecule has 0 saturated heterocycles. The zero-order chi connectivity index (χ0) is 16.4. The highest BCUT2D eigenvalue weighted by Gasteiger charge is 2.30. The molecule has 0 aliphatic rings. The number of hydrogen-bond donors (Lipinski definition) is 3. The van der Waals surface area contributed by atoms with E-state index in [2.05, 4.69) is 20.6 Å². The number of aryl methyl sites for hydroxylation is 1. The van der Waals surface area contributed by atoms with Crippen LogP contribution in [0, 0.1) is 6.92 Å². The monoisotopic (exact) mass is 327 g/mol. The van der Waals surface area contributed by atoms with Crippen LogP contribution in [0.3, 0.4) is 0 Å². The third-order valence-electron chi connectivity index (χ3n) is 2.56. The van der Waals surface area contributed by atoms with Crippen molar-refractivity contribution in [2.45, 2.75) is 33.2 Å². The van der Waals surface area contributed by atoms with Gasteiger partial charge in [-0.2, -0.15) is 0 Å². The minimum Gasteiger partial charge on any atom is -0.338 e. The van der Waals surface area contributed by atoms with E-state index in [0.29, 0.717) is 25.5 Å². The highest BCUT2D eigenvalue weighted by Crippen LogP contribution is 2.01. The van der Waals surface area contributed by atoms with E-state index in [0.717, 1.165) is 12.5 Å². The number of carbonyl (C=O) groups is 1. The second-order valence-electron chi connectivity index (χ2n) is 4.46. The number of aromatic nitrogens is 2. The third-order valence-corrected chi connectivity index (χ3v) is 4.54. The first-order valence-corrected chi connectivity index (χ1v) is 8.81. The van der Waals surface area contributed by atoms with Crippen LogP contribution in [0.4, 0.5) is 10.7 Å². The molecule has 0 aliphatic carbocycles. The van der Waals surface area contributed by atoms with Crippen LogP contribution in [-0.2, 0) is 8.85 Å². The summed E-state index contributed by atoms with van der Waals surface area (Å²) < 4.78 is 11.0. The second kappa shape index (κ2) is 10.1. The molecule has 0 bridgehead atoms. The number of urea groups is 1. The number of rotatable bonds is 9. The maximum atomic E-state index is 11.7. The fourth-order valence-electron chi connectivity index (χ4n) is 1.73.